The third-order valence-electron chi connectivity index (χ3n) is 5.69. The number of alkyl halides is 17. The molecule has 0 aliphatic heterocycles. The summed E-state index contributed by atoms with van der Waals surface area (Å²) in [7, 11) is 2.56. The molecule has 0 saturated carbocycles. The zero-order valence-corrected chi connectivity index (χ0v) is 19.8. The Bertz CT molecular complexity index is 836. The second kappa shape index (κ2) is 11.3. The number of unbranched alkanes of at least 4 members (excludes halogenated alkanes) is 2. The number of hydrogen-bond donors (Lipinski definition) is 0. The van der Waals surface area contributed by atoms with Gasteiger partial charge in [-0.25, -0.2) is 0 Å². The summed E-state index contributed by atoms with van der Waals surface area (Å²) in [6.07, 6.45) is -11.2. The molecule has 3 nitrogen and oxygen atoms in total. The summed E-state index contributed by atoms with van der Waals surface area (Å²) in [6.45, 7) is -0.530. The molecule has 0 bridgehead atoms. The zero-order chi connectivity index (χ0) is 31.7. The van der Waals surface area contributed by atoms with E-state index < -0.39 is 73.0 Å². The Morgan fingerprint density at radius 1 is 0.538 bits per heavy atom. The highest BCUT2D eigenvalue weighted by molar-refractivity contribution is 5.64. The number of nitrogens with zero attached hydrogens (tertiary/aromatic N) is 1. The average Bonchev–Trinajstić information content (AvgIpc) is 2.71. The Kier molecular flexibility index (Phi) is 10.7. The maximum atomic E-state index is 13.9. The summed E-state index contributed by atoms with van der Waals surface area (Å²) in [4.78, 5) is 10.3. The molecule has 0 aliphatic rings. The first kappa shape index (κ1) is 37.2. The van der Waals surface area contributed by atoms with Crippen molar-refractivity contribution in [3.8, 4) is 0 Å². The van der Waals surface area contributed by atoms with Crippen molar-refractivity contribution < 1.29 is 89.0 Å². The molecule has 0 rings (SSSR count). The standard InChI is InChI=1S/C19H22F17NO2/c1-37(2,9-5-3-4-7-11(38)39)10-6-8-12(20,21)13(22,23)14(24,25)15(26,27)16(28,29)17(30,31)18(32,33)19(34,35)36/h3-10H2,1-2H3. The van der Waals surface area contributed by atoms with Crippen LogP contribution in [0.4, 0.5) is 74.6 Å². The lowest BCUT2D eigenvalue weighted by Crippen LogP contribution is -2.74. The first-order valence-corrected chi connectivity index (χ1v) is 10.6. The van der Waals surface area contributed by atoms with Gasteiger partial charge in [0.1, 0.15) is 0 Å². The third-order valence-corrected chi connectivity index (χ3v) is 5.69. The maximum absolute atomic E-state index is 13.9. The molecule has 0 atom stereocenters. The number of carboxylic acid groups (broad SMARTS) is 1. The minimum absolute atomic E-state index is 0.0535. The van der Waals surface area contributed by atoms with Crippen LogP contribution in [0.2, 0.25) is 0 Å². The van der Waals surface area contributed by atoms with Crippen LogP contribution in [0.3, 0.4) is 0 Å². The molecule has 0 heterocycles. The average molecular weight is 619 g/mol. The molecule has 0 N–H and O–H groups in total. The molecule has 0 spiro atoms. The van der Waals surface area contributed by atoms with E-state index in [1.54, 1.807) is 0 Å². The van der Waals surface area contributed by atoms with Gasteiger partial charge in [-0.1, -0.05) is 0 Å². The third kappa shape index (κ3) is 6.94. The Balaban J connectivity index is 5.85. The van der Waals surface area contributed by atoms with Crippen molar-refractivity contribution in [2.75, 3.05) is 27.2 Å². The Morgan fingerprint density at radius 2 is 0.897 bits per heavy atom. The number of rotatable bonds is 16. The summed E-state index contributed by atoms with van der Waals surface area (Å²) < 4.78 is 225. The summed E-state index contributed by atoms with van der Waals surface area (Å²) >= 11 is 0. The van der Waals surface area contributed by atoms with Crippen LogP contribution in [0.25, 0.3) is 0 Å². The van der Waals surface area contributed by atoms with Gasteiger partial charge in [-0.2, -0.15) is 74.6 Å². The van der Waals surface area contributed by atoms with E-state index >= 15 is 0 Å². The van der Waals surface area contributed by atoms with Gasteiger partial charge < -0.3 is 14.4 Å². The predicted molar refractivity (Wildman–Crippen MR) is 95.2 cm³/mol. The quantitative estimate of drug-likeness (QED) is 0.118. The van der Waals surface area contributed by atoms with Crippen LogP contribution in [0.1, 0.15) is 38.5 Å². The number of halogens is 17. The second-order valence-electron chi connectivity index (χ2n) is 9.32. The van der Waals surface area contributed by atoms with E-state index in [9.17, 15) is 84.5 Å². The van der Waals surface area contributed by atoms with Crippen molar-refractivity contribution in [1.82, 2.24) is 0 Å². The molecule has 0 aromatic rings. The molecule has 20 heteroatoms. The first-order valence-electron chi connectivity index (χ1n) is 10.6. The van der Waals surface area contributed by atoms with Crippen molar-refractivity contribution in [2.24, 2.45) is 0 Å². The van der Waals surface area contributed by atoms with E-state index in [0.29, 0.717) is 0 Å². The van der Waals surface area contributed by atoms with Gasteiger partial charge >= 0.3 is 47.6 Å². The van der Waals surface area contributed by atoms with Crippen molar-refractivity contribution >= 4 is 5.97 Å². The van der Waals surface area contributed by atoms with E-state index in [0.717, 1.165) is 0 Å². The van der Waals surface area contributed by atoms with Gasteiger partial charge in [0, 0.05) is 18.8 Å². The van der Waals surface area contributed by atoms with E-state index in [1.807, 2.05) is 0 Å². The smallest absolute Gasteiger partial charge is 0.460 e. The molecule has 39 heavy (non-hydrogen) atoms. The predicted octanol–water partition coefficient (Wildman–Crippen LogP) is 6.16. The molecule has 0 radical (unpaired) electrons. The minimum Gasteiger partial charge on any atom is -0.550 e. The van der Waals surface area contributed by atoms with Crippen LogP contribution in [-0.4, -0.2) is 85.3 Å². The normalized spacial score (nSPS) is 15.6. The summed E-state index contributed by atoms with van der Waals surface area (Å²) in [5.74, 6) is -57.6. The number of carbonyl (C=O) groups excluding carboxylic acids is 1. The lowest BCUT2D eigenvalue weighted by Gasteiger charge is -2.43. The van der Waals surface area contributed by atoms with Gasteiger partial charge in [0.05, 0.1) is 27.2 Å². The fourth-order valence-electron chi connectivity index (χ4n) is 3.18. The lowest BCUT2D eigenvalue weighted by molar-refractivity contribution is -0.890. The van der Waals surface area contributed by atoms with Crippen LogP contribution in [0.15, 0.2) is 0 Å². The van der Waals surface area contributed by atoms with Gasteiger partial charge in [-0.05, 0) is 25.7 Å². The monoisotopic (exact) mass is 619 g/mol. The van der Waals surface area contributed by atoms with E-state index in [1.165, 1.54) is 14.1 Å². The molecular weight excluding hydrogens is 597 g/mol. The molecule has 0 aliphatic carbocycles. The molecule has 0 fully saturated rings. The summed E-state index contributed by atoms with van der Waals surface area (Å²) in [6, 6.07) is 0. The van der Waals surface area contributed by atoms with Crippen LogP contribution < -0.4 is 5.11 Å². The van der Waals surface area contributed by atoms with Crippen LogP contribution in [0.5, 0.6) is 0 Å². The topological polar surface area (TPSA) is 40.1 Å². The SMILES string of the molecule is C[N+](C)(CCCCCC(=O)[O-])CCCC(F)(F)C(F)(F)C(F)(F)C(F)(F)C(F)(F)C(F)(F)C(F)(F)C(F)(F)F. The number of aliphatic carboxylic acids is 1. The second-order valence-corrected chi connectivity index (χ2v) is 9.32. The largest absolute Gasteiger partial charge is 0.550 e. The highest BCUT2D eigenvalue weighted by Crippen LogP contribution is 2.64. The molecule has 234 valence electrons. The number of hydrogen-bond acceptors (Lipinski definition) is 2. The fourth-order valence-corrected chi connectivity index (χ4v) is 3.18. The van der Waals surface area contributed by atoms with Crippen molar-refractivity contribution in [3.05, 3.63) is 0 Å². The van der Waals surface area contributed by atoms with Gasteiger partial charge in [0.2, 0.25) is 0 Å². The van der Waals surface area contributed by atoms with Crippen molar-refractivity contribution in [3.63, 3.8) is 0 Å². The highest BCUT2D eigenvalue weighted by Gasteiger charge is 2.95. The van der Waals surface area contributed by atoms with Gasteiger partial charge in [-0.3, -0.25) is 0 Å². The van der Waals surface area contributed by atoms with Crippen LogP contribution >= 0.6 is 0 Å². The van der Waals surface area contributed by atoms with Crippen LogP contribution in [-0.2, 0) is 4.79 Å². The summed E-state index contributed by atoms with van der Waals surface area (Å²) in [5, 5.41) is 10.3. The van der Waals surface area contributed by atoms with Crippen LogP contribution in [0, 0.1) is 0 Å². The molecule has 0 saturated heterocycles. The number of carbonyl (C=O) groups is 1. The van der Waals surface area contributed by atoms with E-state index in [4.69, 9.17) is 0 Å². The van der Waals surface area contributed by atoms with Gasteiger partial charge in [0.25, 0.3) is 0 Å². The number of carboxylic acids is 1. The maximum Gasteiger partial charge on any atom is 0.460 e. The Hall–Kier alpha value is -1.76. The molecular formula is C19H22F17NO2. The zero-order valence-electron chi connectivity index (χ0n) is 19.8. The van der Waals surface area contributed by atoms with Crippen molar-refractivity contribution in [1.29, 1.82) is 0 Å². The fraction of sp³-hybridized carbons (Fsp3) is 0.947. The lowest BCUT2D eigenvalue weighted by atomic mass is 9.88. The number of quaternary nitrogens is 1. The molecule has 0 amide bonds. The van der Waals surface area contributed by atoms with Gasteiger partial charge in [0.15, 0.2) is 0 Å². The van der Waals surface area contributed by atoms with E-state index in [2.05, 4.69) is 0 Å². The van der Waals surface area contributed by atoms with Crippen molar-refractivity contribution in [2.45, 2.75) is 86.2 Å². The molecule has 0 aromatic heterocycles. The van der Waals surface area contributed by atoms with E-state index in [-0.39, 0.29) is 36.7 Å². The Morgan fingerprint density at radius 3 is 1.28 bits per heavy atom. The molecule has 0 aromatic carbocycles. The minimum atomic E-state index is -8.63. The first-order chi connectivity index (χ1) is 16.9. The Labute approximate surface area is 209 Å². The van der Waals surface area contributed by atoms with Gasteiger partial charge in [-0.15, -0.1) is 0 Å². The highest BCUT2D eigenvalue weighted by atomic mass is 19.4. The molecule has 0 unspecified atom stereocenters. The summed E-state index contributed by atoms with van der Waals surface area (Å²) in [5.41, 5.74) is 0.